The van der Waals surface area contributed by atoms with Crippen LogP contribution in [0.1, 0.15) is 12.6 Å². The van der Waals surface area contributed by atoms with Gasteiger partial charge < -0.3 is 13.5 Å². The molecule has 0 radical (unpaired) electrons. The Morgan fingerprint density at radius 1 is 1.08 bits per heavy atom. The Hall–Kier alpha value is -2.73. The van der Waals surface area contributed by atoms with Gasteiger partial charge in [-0.2, -0.15) is 0 Å². The average Bonchev–Trinajstić information content (AvgIpc) is 3.39. The van der Waals surface area contributed by atoms with Gasteiger partial charge in [-0.15, -0.1) is 0 Å². The summed E-state index contributed by atoms with van der Waals surface area (Å²) in [7, 11) is 0. The first-order chi connectivity index (χ1) is 12.3. The molecule has 4 aromatic rings. The molecule has 3 heterocycles. The minimum atomic E-state index is 0.643. The van der Waals surface area contributed by atoms with E-state index < -0.39 is 0 Å². The molecule has 6 heteroatoms. The fraction of sp³-hybridized carbons (Fsp3) is 0.158. The molecule has 0 fully saturated rings. The molecule has 0 spiro atoms. The van der Waals surface area contributed by atoms with Gasteiger partial charge in [0, 0.05) is 18.4 Å². The van der Waals surface area contributed by atoms with Crippen LogP contribution in [0.15, 0.2) is 75.1 Å². The topological polar surface area (TPSA) is 57.0 Å². The summed E-state index contributed by atoms with van der Waals surface area (Å²) in [5, 5.41) is 5.09. The van der Waals surface area contributed by atoms with Crippen molar-refractivity contribution in [1.29, 1.82) is 0 Å². The maximum Gasteiger partial charge on any atom is 0.202 e. The summed E-state index contributed by atoms with van der Waals surface area (Å²) in [6.45, 7) is 2.99. The number of thioether (sulfide) groups is 1. The molecule has 0 unspecified atom stereocenters. The van der Waals surface area contributed by atoms with E-state index in [4.69, 9.17) is 8.94 Å². The first kappa shape index (κ1) is 15.8. The van der Waals surface area contributed by atoms with Gasteiger partial charge in [0.1, 0.15) is 0 Å². The maximum absolute atomic E-state index is 5.34. The van der Waals surface area contributed by atoms with E-state index >= 15 is 0 Å². The maximum atomic E-state index is 5.34. The zero-order chi connectivity index (χ0) is 17.1. The van der Waals surface area contributed by atoms with Crippen LogP contribution in [0.3, 0.4) is 0 Å². The molecule has 0 bridgehead atoms. The van der Waals surface area contributed by atoms with Crippen LogP contribution in [0, 0.1) is 0 Å². The lowest BCUT2D eigenvalue weighted by Gasteiger charge is -2.08. The molecule has 0 aliphatic heterocycles. The normalized spacial score (nSPS) is 11.1. The van der Waals surface area contributed by atoms with E-state index in [-0.39, 0.29) is 0 Å². The van der Waals surface area contributed by atoms with Gasteiger partial charge in [0.15, 0.2) is 10.9 Å². The minimum absolute atomic E-state index is 0.643. The van der Waals surface area contributed by atoms with Crippen molar-refractivity contribution in [1.82, 2.24) is 14.7 Å². The lowest BCUT2D eigenvalue weighted by molar-refractivity contribution is 0.413. The van der Waals surface area contributed by atoms with E-state index in [1.807, 2.05) is 42.6 Å². The zero-order valence-corrected chi connectivity index (χ0v) is 14.6. The van der Waals surface area contributed by atoms with Crippen LogP contribution in [0.4, 0.5) is 0 Å². The minimum Gasteiger partial charge on any atom is -0.461 e. The van der Waals surface area contributed by atoms with E-state index in [1.54, 1.807) is 18.0 Å². The van der Waals surface area contributed by atoms with Gasteiger partial charge in [0.2, 0.25) is 5.76 Å². The van der Waals surface area contributed by atoms with Crippen LogP contribution in [-0.4, -0.2) is 14.7 Å². The molecule has 126 valence electrons. The van der Waals surface area contributed by atoms with E-state index in [0.717, 1.165) is 23.1 Å². The molecule has 0 aliphatic rings. The first-order valence-corrected chi connectivity index (χ1v) is 9.07. The number of imidazole rings is 1. The Morgan fingerprint density at radius 3 is 2.72 bits per heavy atom. The van der Waals surface area contributed by atoms with Crippen LogP contribution in [0.25, 0.3) is 22.8 Å². The Kier molecular flexibility index (Phi) is 4.43. The molecule has 0 saturated heterocycles. The van der Waals surface area contributed by atoms with Crippen LogP contribution in [-0.2, 0) is 12.3 Å². The van der Waals surface area contributed by atoms with Crippen molar-refractivity contribution in [2.75, 3.05) is 0 Å². The second kappa shape index (κ2) is 7.03. The Labute approximate surface area is 149 Å². The number of benzene rings is 1. The molecule has 25 heavy (non-hydrogen) atoms. The zero-order valence-electron chi connectivity index (χ0n) is 13.8. The van der Waals surface area contributed by atoms with Crippen LogP contribution in [0.2, 0.25) is 0 Å². The highest BCUT2D eigenvalue weighted by Gasteiger charge is 2.13. The van der Waals surface area contributed by atoms with Gasteiger partial charge in [0.25, 0.3) is 0 Å². The van der Waals surface area contributed by atoms with Crippen molar-refractivity contribution in [2.45, 2.75) is 24.4 Å². The summed E-state index contributed by atoms with van der Waals surface area (Å²) in [6, 6.07) is 15.9. The number of hydrogen-bond acceptors (Lipinski definition) is 5. The molecule has 3 aromatic heterocycles. The largest absolute Gasteiger partial charge is 0.461 e. The average molecular weight is 351 g/mol. The van der Waals surface area contributed by atoms with E-state index in [2.05, 4.69) is 33.8 Å². The number of rotatable bonds is 6. The second-order valence-corrected chi connectivity index (χ2v) is 6.43. The molecule has 0 N–H and O–H groups in total. The lowest BCUT2D eigenvalue weighted by Crippen LogP contribution is -1.99. The Bertz CT molecular complexity index is 942. The van der Waals surface area contributed by atoms with E-state index in [0.29, 0.717) is 17.3 Å². The number of nitrogens with zero attached hydrogens (tertiary/aromatic N) is 3. The lowest BCUT2D eigenvalue weighted by atomic mass is 10.2. The SMILES string of the molecule is CCn1c(-c2ccccc2)cnc1SCc1cc(-c2ccco2)on1. The fourth-order valence-corrected chi connectivity index (χ4v) is 3.60. The van der Waals surface area contributed by atoms with Crippen molar-refractivity contribution in [3.05, 3.63) is 66.7 Å². The third-order valence-electron chi connectivity index (χ3n) is 3.88. The number of aromatic nitrogens is 3. The van der Waals surface area contributed by atoms with Gasteiger partial charge in [-0.25, -0.2) is 4.98 Å². The van der Waals surface area contributed by atoms with E-state index in [1.165, 1.54) is 5.56 Å². The van der Waals surface area contributed by atoms with Crippen molar-refractivity contribution in [3.63, 3.8) is 0 Å². The van der Waals surface area contributed by atoms with Gasteiger partial charge >= 0.3 is 0 Å². The number of hydrogen-bond donors (Lipinski definition) is 0. The monoisotopic (exact) mass is 351 g/mol. The summed E-state index contributed by atoms with van der Waals surface area (Å²) < 4.78 is 12.9. The smallest absolute Gasteiger partial charge is 0.202 e. The quantitative estimate of drug-likeness (QED) is 0.452. The van der Waals surface area contributed by atoms with Crippen molar-refractivity contribution >= 4 is 11.8 Å². The Balaban J connectivity index is 1.51. The summed E-state index contributed by atoms with van der Waals surface area (Å²) in [4.78, 5) is 4.58. The third-order valence-corrected chi connectivity index (χ3v) is 4.90. The molecule has 0 atom stereocenters. The molecular formula is C19H17N3O2S. The van der Waals surface area contributed by atoms with Gasteiger partial charge in [-0.3, -0.25) is 0 Å². The standard InChI is InChI=1S/C19H17N3O2S/c1-2-22-16(14-7-4-3-5-8-14)12-20-19(22)25-13-15-11-18(24-21-15)17-9-6-10-23-17/h3-12H,2,13H2,1H3. The highest BCUT2D eigenvalue weighted by molar-refractivity contribution is 7.98. The molecule has 0 aliphatic carbocycles. The van der Waals surface area contributed by atoms with Gasteiger partial charge in [-0.1, -0.05) is 47.3 Å². The Morgan fingerprint density at radius 2 is 1.96 bits per heavy atom. The van der Waals surface area contributed by atoms with Crippen molar-refractivity contribution in [2.24, 2.45) is 0 Å². The van der Waals surface area contributed by atoms with E-state index in [9.17, 15) is 0 Å². The summed E-state index contributed by atoms with van der Waals surface area (Å²) in [5.41, 5.74) is 3.16. The molecule has 5 nitrogen and oxygen atoms in total. The van der Waals surface area contributed by atoms with Crippen LogP contribution >= 0.6 is 11.8 Å². The molecule has 0 saturated carbocycles. The summed E-state index contributed by atoms with van der Waals surface area (Å²) in [5.74, 6) is 2.02. The van der Waals surface area contributed by atoms with Gasteiger partial charge in [-0.05, 0) is 24.6 Å². The first-order valence-electron chi connectivity index (χ1n) is 8.08. The summed E-state index contributed by atoms with van der Waals surface area (Å²) >= 11 is 1.65. The molecular weight excluding hydrogens is 334 g/mol. The molecule has 4 rings (SSSR count). The van der Waals surface area contributed by atoms with Crippen molar-refractivity contribution in [3.8, 4) is 22.8 Å². The highest BCUT2D eigenvalue weighted by Crippen LogP contribution is 2.29. The molecule has 1 aromatic carbocycles. The molecule has 0 amide bonds. The van der Waals surface area contributed by atoms with Crippen LogP contribution in [0.5, 0.6) is 0 Å². The fourth-order valence-electron chi connectivity index (χ4n) is 2.67. The predicted octanol–water partition coefficient (Wildman–Crippen LogP) is 5.11. The van der Waals surface area contributed by atoms with Crippen molar-refractivity contribution < 1.29 is 8.94 Å². The summed E-state index contributed by atoms with van der Waals surface area (Å²) in [6.07, 6.45) is 3.55. The third kappa shape index (κ3) is 3.25. The predicted molar refractivity (Wildman–Crippen MR) is 97.1 cm³/mol. The van der Waals surface area contributed by atoms with Gasteiger partial charge in [0.05, 0.1) is 23.8 Å². The highest BCUT2D eigenvalue weighted by atomic mass is 32.2. The van der Waals surface area contributed by atoms with Crippen LogP contribution < -0.4 is 0 Å². The number of furan rings is 1. The second-order valence-electron chi connectivity index (χ2n) is 5.48.